The molecular weight excluding hydrogens is 283 g/mol. The summed E-state index contributed by atoms with van der Waals surface area (Å²) in [5, 5.41) is 8.85. The van der Waals surface area contributed by atoms with Gasteiger partial charge in [-0.05, 0) is 19.4 Å². The largest absolute Gasteiger partial charge is 0.503 e. The molecular formula is C12H13ClF3NO2. The Hall–Kier alpha value is -1.43. The average Bonchev–Trinajstić information content (AvgIpc) is 2.36. The molecule has 0 saturated heterocycles. The van der Waals surface area contributed by atoms with Crippen molar-refractivity contribution in [3.05, 3.63) is 29.1 Å². The van der Waals surface area contributed by atoms with Crippen LogP contribution in [0.5, 0.6) is 5.75 Å². The highest BCUT2D eigenvalue weighted by Gasteiger charge is 2.24. The summed E-state index contributed by atoms with van der Waals surface area (Å²) < 4.78 is 39.5. The molecule has 1 atom stereocenters. The zero-order valence-corrected chi connectivity index (χ0v) is 11.1. The quantitative estimate of drug-likeness (QED) is 0.685. The van der Waals surface area contributed by atoms with Gasteiger partial charge in [-0.1, -0.05) is 0 Å². The zero-order valence-electron chi connectivity index (χ0n) is 10.4. The SMILES string of the molecule is CC(Cl)CCN(C)C(=O)c1cc(F)c(F)c(O)c1F. The average molecular weight is 296 g/mol. The third-order valence-electron chi connectivity index (χ3n) is 2.57. The van der Waals surface area contributed by atoms with E-state index in [9.17, 15) is 18.0 Å². The summed E-state index contributed by atoms with van der Waals surface area (Å²) in [5.41, 5.74) is -0.721. The van der Waals surface area contributed by atoms with E-state index in [0.717, 1.165) is 4.90 Å². The maximum absolute atomic E-state index is 13.5. The molecule has 0 spiro atoms. The number of phenolic OH excluding ortho intramolecular Hbond substituents is 1. The van der Waals surface area contributed by atoms with Gasteiger partial charge in [-0.15, -0.1) is 11.6 Å². The molecule has 1 N–H and O–H groups in total. The first-order valence-corrected chi connectivity index (χ1v) is 5.95. The number of amides is 1. The molecule has 106 valence electrons. The molecule has 19 heavy (non-hydrogen) atoms. The van der Waals surface area contributed by atoms with Crippen LogP contribution >= 0.6 is 11.6 Å². The summed E-state index contributed by atoms with van der Waals surface area (Å²) in [6.45, 7) is 1.95. The number of aromatic hydroxyl groups is 1. The summed E-state index contributed by atoms with van der Waals surface area (Å²) in [6.07, 6.45) is 0.459. The Bertz CT molecular complexity index is 494. The third-order valence-corrected chi connectivity index (χ3v) is 2.79. The van der Waals surface area contributed by atoms with Crippen LogP contribution < -0.4 is 0 Å². The van der Waals surface area contributed by atoms with Crippen LogP contribution in [0.4, 0.5) is 13.2 Å². The lowest BCUT2D eigenvalue weighted by Gasteiger charge is -2.18. The van der Waals surface area contributed by atoms with Crippen LogP contribution in [-0.4, -0.2) is 34.9 Å². The number of carbonyl (C=O) groups excluding carboxylic acids is 1. The van der Waals surface area contributed by atoms with Crippen LogP contribution in [0.25, 0.3) is 0 Å². The Morgan fingerprint density at radius 3 is 2.53 bits per heavy atom. The lowest BCUT2D eigenvalue weighted by atomic mass is 10.1. The van der Waals surface area contributed by atoms with Crippen molar-refractivity contribution in [2.24, 2.45) is 0 Å². The van der Waals surface area contributed by atoms with Crippen molar-refractivity contribution in [2.75, 3.05) is 13.6 Å². The minimum absolute atomic E-state index is 0.182. The lowest BCUT2D eigenvalue weighted by molar-refractivity contribution is 0.0787. The van der Waals surface area contributed by atoms with E-state index in [1.807, 2.05) is 0 Å². The number of nitrogens with zero attached hydrogens (tertiary/aromatic N) is 1. The fraction of sp³-hybridized carbons (Fsp3) is 0.417. The van der Waals surface area contributed by atoms with Crippen LogP contribution in [0.2, 0.25) is 0 Å². The van der Waals surface area contributed by atoms with Crippen LogP contribution in [0.15, 0.2) is 6.07 Å². The highest BCUT2D eigenvalue weighted by molar-refractivity contribution is 6.20. The first kappa shape index (κ1) is 15.6. The number of phenols is 1. The van der Waals surface area contributed by atoms with Gasteiger partial charge in [0.2, 0.25) is 5.82 Å². The molecule has 1 aromatic rings. The van der Waals surface area contributed by atoms with Crippen molar-refractivity contribution < 1.29 is 23.1 Å². The Balaban J connectivity index is 3.00. The van der Waals surface area contributed by atoms with E-state index in [0.29, 0.717) is 12.5 Å². The molecule has 0 aliphatic carbocycles. The highest BCUT2D eigenvalue weighted by Crippen LogP contribution is 2.26. The number of benzene rings is 1. The lowest BCUT2D eigenvalue weighted by Crippen LogP contribution is -2.29. The van der Waals surface area contributed by atoms with Crippen LogP contribution in [0.1, 0.15) is 23.7 Å². The minimum Gasteiger partial charge on any atom is -0.503 e. The van der Waals surface area contributed by atoms with Crippen LogP contribution in [0, 0.1) is 17.5 Å². The van der Waals surface area contributed by atoms with E-state index in [1.165, 1.54) is 7.05 Å². The normalized spacial score (nSPS) is 12.3. The third kappa shape index (κ3) is 3.53. The number of rotatable bonds is 4. The van der Waals surface area contributed by atoms with Crippen molar-refractivity contribution in [2.45, 2.75) is 18.7 Å². The van der Waals surface area contributed by atoms with Gasteiger partial charge in [-0.3, -0.25) is 4.79 Å². The second-order valence-corrected chi connectivity index (χ2v) is 4.92. The van der Waals surface area contributed by atoms with Crippen LogP contribution in [-0.2, 0) is 0 Å². The zero-order chi connectivity index (χ0) is 14.7. The van der Waals surface area contributed by atoms with Gasteiger partial charge in [0.1, 0.15) is 0 Å². The Morgan fingerprint density at radius 1 is 1.42 bits per heavy atom. The van der Waals surface area contributed by atoms with Crippen molar-refractivity contribution in [3.63, 3.8) is 0 Å². The fourth-order valence-electron chi connectivity index (χ4n) is 1.42. The van der Waals surface area contributed by atoms with Gasteiger partial charge >= 0.3 is 0 Å². The van der Waals surface area contributed by atoms with Gasteiger partial charge < -0.3 is 10.0 Å². The van der Waals surface area contributed by atoms with Crippen molar-refractivity contribution >= 4 is 17.5 Å². The second-order valence-electron chi connectivity index (χ2n) is 4.18. The summed E-state index contributed by atoms with van der Waals surface area (Å²) >= 11 is 5.71. The molecule has 0 radical (unpaired) electrons. The minimum atomic E-state index is -1.72. The van der Waals surface area contributed by atoms with Gasteiger partial charge in [-0.2, -0.15) is 4.39 Å². The maximum Gasteiger partial charge on any atom is 0.256 e. The molecule has 1 aromatic carbocycles. The van der Waals surface area contributed by atoms with E-state index in [4.69, 9.17) is 16.7 Å². The summed E-state index contributed by atoms with van der Waals surface area (Å²) in [7, 11) is 1.37. The molecule has 0 aliphatic rings. The number of halogens is 4. The van der Waals surface area contributed by atoms with E-state index in [-0.39, 0.29) is 11.9 Å². The molecule has 1 amide bonds. The highest BCUT2D eigenvalue weighted by atomic mass is 35.5. The van der Waals surface area contributed by atoms with Crippen molar-refractivity contribution in [3.8, 4) is 5.75 Å². The van der Waals surface area contributed by atoms with Crippen LogP contribution in [0.3, 0.4) is 0 Å². The molecule has 0 bridgehead atoms. The van der Waals surface area contributed by atoms with Crippen molar-refractivity contribution in [1.82, 2.24) is 4.90 Å². The fourth-order valence-corrected chi connectivity index (χ4v) is 1.52. The number of hydrogen-bond acceptors (Lipinski definition) is 2. The molecule has 0 saturated carbocycles. The van der Waals surface area contributed by atoms with Crippen molar-refractivity contribution in [1.29, 1.82) is 0 Å². The van der Waals surface area contributed by atoms with E-state index >= 15 is 0 Å². The first-order chi connectivity index (χ1) is 8.75. The molecule has 1 rings (SSSR count). The number of alkyl halides is 1. The van der Waals surface area contributed by atoms with E-state index in [1.54, 1.807) is 6.92 Å². The van der Waals surface area contributed by atoms with Gasteiger partial charge in [0.05, 0.1) is 5.56 Å². The molecule has 0 aliphatic heterocycles. The predicted molar refractivity (Wildman–Crippen MR) is 64.9 cm³/mol. The monoisotopic (exact) mass is 295 g/mol. The van der Waals surface area contributed by atoms with E-state index < -0.39 is 34.7 Å². The molecule has 0 heterocycles. The first-order valence-electron chi connectivity index (χ1n) is 5.51. The predicted octanol–water partition coefficient (Wildman–Crippen LogP) is 2.90. The Morgan fingerprint density at radius 2 is 2.00 bits per heavy atom. The summed E-state index contributed by atoms with van der Waals surface area (Å²) in [4.78, 5) is 13.0. The second kappa shape index (κ2) is 6.14. The van der Waals surface area contributed by atoms with E-state index in [2.05, 4.69) is 0 Å². The molecule has 0 fully saturated rings. The van der Waals surface area contributed by atoms with Gasteiger partial charge in [0, 0.05) is 19.0 Å². The van der Waals surface area contributed by atoms with Gasteiger partial charge in [0.15, 0.2) is 17.4 Å². The molecule has 0 aromatic heterocycles. The van der Waals surface area contributed by atoms with Gasteiger partial charge in [-0.25, -0.2) is 8.78 Å². The number of carbonyl (C=O) groups is 1. The topological polar surface area (TPSA) is 40.5 Å². The Kier molecular flexibility index (Phi) is 5.05. The Labute approximate surface area is 113 Å². The smallest absolute Gasteiger partial charge is 0.256 e. The molecule has 7 heteroatoms. The number of hydrogen-bond donors (Lipinski definition) is 1. The van der Waals surface area contributed by atoms with Gasteiger partial charge in [0.25, 0.3) is 5.91 Å². The standard InChI is InChI=1S/C12H13ClF3NO2/c1-6(13)3-4-17(2)12(19)7-5-8(14)10(16)11(18)9(7)15/h5-6,18H,3-4H2,1-2H3. The summed E-state index contributed by atoms with van der Waals surface area (Å²) in [6, 6.07) is 0.424. The molecule has 3 nitrogen and oxygen atoms in total. The maximum atomic E-state index is 13.5. The summed E-state index contributed by atoms with van der Waals surface area (Å²) in [5.74, 6) is -7.03. The molecule has 1 unspecified atom stereocenters.